The van der Waals surface area contributed by atoms with Crippen LogP contribution in [0.15, 0.2) is 18.2 Å². The minimum atomic E-state index is 0.0368. The quantitative estimate of drug-likeness (QED) is 0.668. The zero-order valence-corrected chi connectivity index (χ0v) is 12.2. The van der Waals surface area contributed by atoms with Gasteiger partial charge in [-0.1, -0.05) is 20.3 Å². The lowest BCUT2D eigenvalue weighted by molar-refractivity contribution is 0.101. The highest BCUT2D eigenvalue weighted by Crippen LogP contribution is 2.36. The van der Waals surface area contributed by atoms with Crippen LogP contribution in [0.4, 0.5) is 11.4 Å². The number of carbonyl (C=O) groups is 1. The van der Waals surface area contributed by atoms with Gasteiger partial charge in [-0.2, -0.15) is 0 Å². The molecule has 104 valence electrons. The van der Waals surface area contributed by atoms with Gasteiger partial charge in [-0.15, -0.1) is 0 Å². The Balaban J connectivity index is 2.16. The van der Waals surface area contributed by atoms with Gasteiger partial charge in [0, 0.05) is 30.0 Å². The number of carbonyl (C=O) groups excluding carboxylic acids is 1. The number of benzene rings is 1. The van der Waals surface area contributed by atoms with Gasteiger partial charge in [-0.25, -0.2) is 0 Å². The number of nitrogens with two attached hydrogens (primary N) is 1. The first-order valence-electron chi connectivity index (χ1n) is 7.10. The molecule has 0 aliphatic carbocycles. The molecule has 0 spiro atoms. The van der Waals surface area contributed by atoms with E-state index in [0.29, 0.717) is 16.7 Å². The van der Waals surface area contributed by atoms with E-state index in [4.69, 9.17) is 5.73 Å². The van der Waals surface area contributed by atoms with Gasteiger partial charge < -0.3 is 10.6 Å². The Hall–Kier alpha value is -1.51. The van der Waals surface area contributed by atoms with E-state index in [1.165, 1.54) is 19.3 Å². The lowest BCUT2D eigenvalue weighted by Crippen LogP contribution is -2.38. The number of nitrogen functional groups attached to an aromatic ring is 1. The fraction of sp³-hybridized carbons (Fsp3) is 0.562. The summed E-state index contributed by atoms with van der Waals surface area (Å²) in [5, 5.41) is 0. The molecule has 0 atom stereocenters. The fourth-order valence-electron chi connectivity index (χ4n) is 2.70. The topological polar surface area (TPSA) is 46.3 Å². The number of nitrogens with zero attached hydrogens (tertiary/aromatic N) is 1. The van der Waals surface area contributed by atoms with Crippen molar-refractivity contribution in [3.8, 4) is 0 Å². The Morgan fingerprint density at radius 1 is 1.37 bits per heavy atom. The van der Waals surface area contributed by atoms with Gasteiger partial charge in [0.1, 0.15) is 0 Å². The van der Waals surface area contributed by atoms with Crippen molar-refractivity contribution in [3.05, 3.63) is 23.8 Å². The Bertz CT molecular complexity index is 474. The molecule has 0 amide bonds. The summed E-state index contributed by atoms with van der Waals surface area (Å²) in [6, 6.07) is 5.81. The third kappa shape index (κ3) is 2.91. The van der Waals surface area contributed by atoms with Gasteiger partial charge in [-0.3, -0.25) is 4.79 Å². The van der Waals surface area contributed by atoms with E-state index >= 15 is 0 Å². The minimum absolute atomic E-state index is 0.0368. The van der Waals surface area contributed by atoms with Gasteiger partial charge in [-0.05, 0) is 43.4 Å². The number of Topliss-reactive ketones (excluding diaryl/α,β-unsaturated/α-hetero) is 1. The summed E-state index contributed by atoms with van der Waals surface area (Å²) in [5.41, 5.74) is 8.66. The van der Waals surface area contributed by atoms with Crippen LogP contribution in [0.25, 0.3) is 0 Å². The number of hydrogen-bond acceptors (Lipinski definition) is 3. The molecule has 2 N–H and O–H groups in total. The molecular formula is C16H24N2O. The molecule has 0 saturated carbocycles. The predicted molar refractivity (Wildman–Crippen MR) is 80.7 cm³/mol. The molecule has 1 heterocycles. The van der Waals surface area contributed by atoms with Crippen LogP contribution in [0.3, 0.4) is 0 Å². The molecule has 0 unspecified atom stereocenters. The summed E-state index contributed by atoms with van der Waals surface area (Å²) >= 11 is 0. The first-order valence-corrected chi connectivity index (χ1v) is 7.10. The predicted octanol–water partition coefficient (Wildman–Crippen LogP) is 3.49. The molecule has 0 bridgehead atoms. The normalized spacial score (nSPS) is 18.4. The van der Waals surface area contributed by atoms with Crippen molar-refractivity contribution in [1.82, 2.24) is 0 Å². The number of piperidine rings is 1. The van der Waals surface area contributed by atoms with Crippen molar-refractivity contribution in [3.63, 3.8) is 0 Å². The molecule has 3 nitrogen and oxygen atoms in total. The molecule has 1 fully saturated rings. The van der Waals surface area contributed by atoms with Crippen molar-refractivity contribution in [2.24, 2.45) is 5.41 Å². The highest BCUT2D eigenvalue weighted by Gasteiger charge is 2.28. The average molecular weight is 260 g/mol. The molecule has 0 aromatic heterocycles. The lowest BCUT2D eigenvalue weighted by atomic mass is 9.78. The Morgan fingerprint density at radius 3 is 2.53 bits per heavy atom. The SMILES string of the molecule is CCC1(C)CCN(c2ccc(N)c(C(C)=O)c2)CC1. The maximum atomic E-state index is 11.6. The van der Waals surface area contributed by atoms with Crippen LogP contribution >= 0.6 is 0 Å². The number of hydrogen-bond donors (Lipinski definition) is 1. The molecule has 1 saturated heterocycles. The average Bonchev–Trinajstić information content (AvgIpc) is 2.40. The van der Waals surface area contributed by atoms with Crippen LogP contribution in [-0.2, 0) is 0 Å². The third-order valence-corrected chi connectivity index (χ3v) is 4.61. The van der Waals surface area contributed by atoms with Crippen LogP contribution in [-0.4, -0.2) is 18.9 Å². The monoisotopic (exact) mass is 260 g/mol. The molecule has 1 aromatic rings. The smallest absolute Gasteiger partial charge is 0.161 e. The molecule has 1 aliphatic rings. The second-order valence-electron chi connectivity index (χ2n) is 5.98. The largest absolute Gasteiger partial charge is 0.398 e. The van der Waals surface area contributed by atoms with Gasteiger partial charge in [0.2, 0.25) is 0 Å². The first-order chi connectivity index (χ1) is 8.95. The van der Waals surface area contributed by atoms with Crippen molar-refractivity contribution in [1.29, 1.82) is 0 Å². The van der Waals surface area contributed by atoms with Crippen molar-refractivity contribution in [2.45, 2.75) is 40.0 Å². The molecule has 0 radical (unpaired) electrons. The zero-order valence-electron chi connectivity index (χ0n) is 12.2. The fourth-order valence-corrected chi connectivity index (χ4v) is 2.70. The first kappa shape index (κ1) is 13.9. The highest BCUT2D eigenvalue weighted by molar-refractivity contribution is 6.00. The number of anilines is 2. The van der Waals surface area contributed by atoms with Gasteiger partial charge in [0.15, 0.2) is 5.78 Å². The summed E-state index contributed by atoms with van der Waals surface area (Å²) in [4.78, 5) is 13.9. The molecule has 2 rings (SSSR count). The van der Waals surface area contributed by atoms with E-state index in [-0.39, 0.29) is 5.78 Å². The van der Waals surface area contributed by atoms with Crippen LogP contribution in [0.2, 0.25) is 0 Å². The summed E-state index contributed by atoms with van der Waals surface area (Å²) in [5.74, 6) is 0.0368. The van der Waals surface area contributed by atoms with Gasteiger partial charge >= 0.3 is 0 Å². The van der Waals surface area contributed by atoms with E-state index in [1.54, 1.807) is 6.92 Å². The second kappa shape index (κ2) is 5.24. The molecule has 19 heavy (non-hydrogen) atoms. The van der Waals surface area contributed by atoms with Crippen LogP contribution in [0.5, 0.6) is 0 Å². The third-order valence-electron chi connectivity index (χ3n) is 4.61. The Labute approximate surface area is 115 Å². The molecule has 1 aliphatic heterocycles. The van der Waals surface area contributed by atoms with Crippen LogP contribution in [0.1, 0.15) is 50.4 Å². The lowest BCUT2D eigenvalue weighted by Gasteiger charge is -2.40. The van der Waals surface area contributed by atoms with E-state index < -0.39 is 0 Å². The molecule has 1 aromatic carbocycles. The summed E-state index contributed by atoms with van der Waals surface area (Å²) in [6.07, 6.45) is 3.66. The van der Waals surface area contributed by atoms with Crippen molar-refractivity contribution >= 4 is 17.2 Å². The zero-order chi connectivity index (χ0) is 14.0. The molecule has 3 heteroatoms. The van der Waals surface area contributed by atoms with E-state index in [2.05, 4.69) is 18.7 Å². The van der Waals surface area contributed by atoms with Crippen LogP contribution < -0.4 is 10.6 Å². The standard InChI is InChI=1S/C16H24N2O/c1-4-16(3)7-9-18(10-8-16)13-5-6-15(17)14(11-13)12(2)19/h5-6,11H,4,7-10,17H2,1-3H3. The molecular weight excluding hydrogens is 236 g/mol. The number of rotatable bonds is 3. The van der Waals surface area contributed by atoms with Gasteiger partial charge in [0.05, 0.1) is 0 Å². The Kier molecular flexibility index (Phi) is 3.83. The van der Waals surface area contributed by atoms with Crippen molar-refractivity contribution < 1.29 is 4.79 Å². The van der Waals surface area contributed by atoms with Gasteiger partial charge in [0.25, 0.3) is 0 Å². The van der Waals surface area contributed by atoms with E-state index in [1.807, 2.05) is 18.2 Å². The Morgan fingerprint density at radius 2 is 2.00 bits per heavy atom. The summed E-state index contributed by atoms with van der Waals surface area (Å²) in [7, 11) is 0. The van der Waals surface area contributed by atoms with E-state index in [0.717, 1.165) is 18.8 Å². The van der Waals surface area contributed by atoms with E-state index in [9.17, 15) is 4.79 Å². The van der Waals surface area contributed by atoms with Crippen LogP contribution in [0, 0.1) is 5.41 Å². The maximum Gasteiger partial charge on any atom is 0.161 e. The maximum absolute atomic E-state index is 11.6. The second-order valence-corrected chi connectivity index (χ2v) is 5.98. The number of ketones is 1. The summed E-state index contributed by atoms with van der Waals surface area (Å²) in [6.45, 7) is 8.33. The highest BCUT2D eigenvalue weighted by atomic mass is 16.1. The van der Waals surface area contributed by atoms with Crippen molar-refractivity contribution in [2.75, 3.05) is 23.7 Å². The minimum Gasteiger partial charge on any atom is -0.398 e. The summed E-state index contributed by atoms with van der Waals surface area (Å²) < 4.78 is 0.